The van der Waals surface area contributed by atoms with E-state index in [0.29, 0.717) is 11.5 Å². The molecule has 0 bridgehead atoms. The number of aromatic amines is 1. The number of carbonyl (C=O) groups is 1. The van der Waals surface area contributed by atoms with Gasteiger partial charge < -0.3 is 14.5 Å². The van der Waals surface area contributed by atoms with E-state index in [1.807, 2.05) is 13.8 Å². The Labute approximate surface area is 105 Å². The fourth-order valence-electron chi connectivity index (χ4n) is 1.31. The maximum absolute atomic E-state index is 11.5. The molecule has 0 atom stereocenters. The predicted octanol–water partition coefficient (Wildman–Crippen LogP) is 2.12. The molecule has 0 spiro atoms. The number of hydrogen-bond acceptors (Lipinski definition) is 5. The minimum atomic E-state index is -0.590. The van der Waals surface area contributed by atoms with E-state index in [0.717, 1.165) is 0 Å². The SMILES string of the molecule is COC(=O)c1c(C)[nH]c(C(C)(C)OC)nc1=S. The Balaban J connectivity index is 3.38. The van der Waals surface area contributed by atoms with Gasteiger partial charge in [-0.2, -0.15) is 0 Å². The molecule has 0 amide bonds. The molecule has 1 aromatic heterocycles. The van der Waals surface area contributed by atoms with Gasteiger partial charge >= 0.3 is 5.97 Å². The lowest BCUT2D eigenvalue weighted by molar-refractivity contribution is 0.0111. The van der Waals surface area contributed by atoms with Crippen LogP contribution in [0.3, 0.4) is 0 Å². The van der Waals surface area contributed by atoms with Gasteiger partial charge in [-0.05, 0) is 20.8 Å². The van der Waals surface area contributed by atoms with Gasteiger partial charge in [-0.15, -0.1) is 0 Å². The molecule has 0 fully saturated rings. The van der Waals surface area contributed by atoms with E-state index in [1.54, 1.807) is 14.0 Å². The van der Waals surface area contributed by atoms with Gasteiger partial charge in [-0.3, -0.25) is 0 Å². The van der Waals surface area contributed by atoms with Crippen LogP contribution >= 0.6 is 12.2 Å². The van der Waals surface area contributed by atoms with Crippen molar-refractivity contribution in [2.24, 2.45) is 0 Å². The quantitative estimate of drug-likeness (QED) is 0.663. The molecule has 94 valence electrons. The molecule has 1 heterocycles. The molecule has 0 unspecified atom stereocenters. The van der Waals surface area contributed by atoms with Gasteiger partial charge in [-0.1, -0.05) is 12.2 Å². The molecule has 6 heteroatoms. The van der Waals surface area contributed by atoms with E-state index >= 15 is 0 Å². The summed E-state index contributed by atoms with van der Waals surface area (Å²) in [5.41, 5.74) is 0.322. The maximum atomic E-state index is 11.5. The molecule has 0 aliphatic rings. The van der Waals surface area contributed by atoms with Crippen LogP contribution in [0.25, 0.3) is 0 Å². The van der Waals surface area contributed by atoms with Crippen LogP contribution < -0.4 is 0 Å². The van der Waals surface area contributed by atoms with Gasteiger partial charge in [0.1, 0.15) is 21.6 Å². The van der Waals surface area contributed by atoms with Crippen LogP contribution in [0.15, 0.2) is 0 Å². The zero-order chi connectivity index (χ0) is 13.2. The number of rotatable bonds is 3. The highest BCUT2D eigenvalue weighted by molar-refractivity contribution is 7.71. The van der Waals surface area contributed by atoms with Crippen LogP contribution in [-0.2, 0) is 15.1 Å². The van der Waals surface area contributed by atoms with Crippen LogP contribution in [0.5, 0.6) is 0 Å². The van der Waals surface area contributed by atoms with Crippen LogP contribution in [0.1, 0.15) is 35.7 Å². The van der Waals surface area contributed by atoms with Crippen molar-refractivity contribution >= 4 is 18.2 Å². The second-order valence-corrected chi connectivity index (χ2v) is 4.48. The molecular weight excluding hydrogens is 240 g/mol. The summed E-state index contributed by atoms with van der Waals surface area (Å²) < 4.78 is 10.2. The van der Waals surface area contributed by atoms with Crippen molar-refractivity contribution in [3.05, 3.63) is 21.7 Å². The van der Waals surface area contributed by atoms with Crippen molar-refractivity contribution in [3.8, 4) is 0 Å². The molecule has 0 saturated heterocycles. The van der Waals surface area contributed by atoms with Gasteiger partial charge in [0.25, 0.3) is 0 Å². The Kier molecular flexibility index (Phi) is 4.00. The highest BCUT2D eigenvalue weighted by Gasteiger charge is 2.24. The number of H-pyrrole nitrogens is 1. The summed E-state index contributed by atoms with van der Waals surface area (Å²) in [5.74, 6) is 0.0909. The summed E-state index contributed by atoms with van der Waals surface area (Å²) >= 11 is 5.10. The average Bonchev–Trinajstić information content (AvgIpc) is 2.27. The Morgan fingerprint density at radius 3 is 2.41 bits per heavy atom. The Hall–Kier alpha value is -1.27. The van der Waals surface area contributed by atoms with Crippen molar-refractivity contribution < 1.29 is 14.3 Å². The smallest absolute Gasteiger partial charge is 0.342 e. The maximum Gasteiger partial charge on any atom is 0.342 e. The van der Waals surface area contributed by atoms with E-state index in [2.05, 4.69) is 14.7 Å². The number of aromatic nitrogens is 2. The van der Waals surface area contributed by atoms with E-state index in [1.165, 1.54) is 7.11 Å². The van der Waals surface area contributed by atoms with Crippen molar-refractivity contribution in [1.82, 2.24) is 9.97 Å². The summed E-state index contributed by atoms with van der Waals surface area (Å²) in [6.45, 7) is 5.47. The number of methoxy groups -OCH3 is 2. The van der Waals surface area contributed by atoms with Gasteiger partial charge in [0, 0.05) is 12.8 Å². The standard InChI is InChI=1S/C11H16N2O3S/c1-6-7(9(14)15-4)8(17)13-10(12-6)11(2,3)16-5/h1-5H3,(H,12,13,17). The highest BCUT2D eigenvalue weighted by Crippen LogP contribution is 2.21. The van der Waals surface area contributed by atoms with E-state index in [-0.39, 0.29) is 10.2 Å². The number of nitrogens with one attached hydrogen (secondary N) is 1. The minimum Gasteiger partial charge on any atom is -0.465 e. The van der Waals surface area contributed by atoms with Crippen LogP contribution in [0, 0.1) is 11.6 Å². The summed E-state index contributed by atoms with van der Waals surface area (Å²) in [5, 5.41) is 0. The molecule has 1 aromatic rings. The molecule has 1 rings (SSSR count). The first-order chi connectivity index (χ1) is 7.83. The van der Waals surface area contributed by atoms with Gasteiger partial charge in [0.15, 0.2) is 0 Å². The van der Waals surface area contributed by atoms with Crippen molar-refractivity contribution in [2.75, 3.05) is 14.2 Å². The number of aryl methyl sites for hydroxylation is 1. The summed E-state index contributed by atoms with van der Waals surface area (Å²) in [7, 11) is 2.89. The first-order valence-electron chi connectivity index (χ1n) is 5.08. The van der Waals surface area contributed by atoms with Crippen molar-refractivity contribution in [2.45, 2.75) is 26.4 Å². The van der Waals surface area contributed by atoms with E-state index < -0.39 is 11.6 Å². The topological polar surface area (TPSA) is 64.2 Å². The number of carbonyl (C=O) groups excluding carboxylic acids is 1. The number of ether oxygens (including phenoxy) is 2. The zero-order valence-corrected chi connectivity index (χ0v) is 11.4. The molecule has 17 heavy (non-hydrogen) atoms. The van der Waals surface area contributed by atoms with Crippen LogP contribution in [0.4, 0.5) is 0 Å². The van der Waals surface area contributed by atoms with Crippen molar-refractivity contribution in [1.29, 1.82) is 0 Å². The normalized spacial score (nSPS) is 11.4. The summed E-state index contributed by atoms with van der Waals surface area (Å²) in [6, 6.07) is 0. The Bertz CT molecular complexity index is 494. The average molecular weight is 256 g/mol. The molecule has 0 saturated carbocycles. The molecule has 0 aromatic carbocycles. The second kappa shape index (κ2) is 4.93. The third-order valence-electron chi connectivity index (χ3n) is 2.58. The van der Waals surface area contributed by atoms with Crippen molar-refractivity contribution in [3.63, 3.8) is 0 Å². The molecule has 0 aliphatic heterocycles. The predicted molar refractivity (Wildman–Crippen MR) is 65.5 cm³/mol. The lowest BCUT2D eigenvalue weighted by Gasteiger charge is -2.22. The fourth-order valence-corrected chi connectivity index (χ4v) is 1.64. The lowest BCUT2D eigenvalue weighted by Crippen LogP contribution is -2.24. The van der Waals surface area contributed by atoms with Gasteiger partial charge in [0.05, 0.1) is 7.11 Å². The third kappa shape index (κ3) is 2.70. The Morgan fingerprint density at radius 1 is 1.41 bits per heavy atom. The summed E-state index contributed by atoms with van der Waals surface area (Å²) in [6.07, 6.45) is 0. The number of esters is 1. The van der Waals surface area contributed by atoms with E-state index in [9.17, 15) is 4.79 Å². The monoisotopic (exact) mass is 256 g/mol. The number of nitrogens with zero attached hydrogens (tertiary/aromatic N) is 1. The molecule has 5 nitrogen and oxygen atoms in total. The van der Waals surface area contributed by atoms with Crippen LogP contribution in [0.2, 0.25) is 0 Å². The lowest BCUT2D eigenvalue weighted by atomic mass is 10.1. The first-order valence-corrected chi connectivity index (χ1v) is 5.49. The number of hydrogen-bond donors (Lipinski definition) is 1. The largest absolute Gasteiger partial charge is 0.465 e. The van der Waals surface area contributed by atoms with Gasteiger partial charge in [-0.25, -0.2) is 9.78 Å². The minimum absolute atomic E-state index is 0.216. The first kappa shape index (κ1) is 13.8. The molecular formula is C11H16N2O3S. The Morgan fingerprint density at radius 2 is 2.00 bits per heavy atom. The van der Waals surface area contributed by atoms with Crippen LogP contribution in [-0.4, -0.2) is 30.2 Å². The highest BCUT2D eigenvalue weighted by atomic mass is 32.1. The second-order valence-electron chi connectivity index (χ2n) is 4.10. The fraction of sp³-hybridized carbons (Fsp3) is 0.545. The van der Waals surface area contributed by atoms with E-state index in [4.69, 9.17) is 17.0 Å². The third-order valence-corrected chi connectivity index (χ3v) is 2.87. The summed E-state index contributed by atoms with van der Waals surface area (Å²) in [4.78, 5) is 18.7. The molecule has 0 aliphatic carbocycles. The zero-order valence-electron chi connectivity index (χ0n) is 10.6. The molecule has 1 N–H and O–H groups in total. The molecule has 0 radical (unpaired) electrons. The van der Waals surface area contributed by atoms with Gasteiger partial charge in [0.2, 0.25) is 0 Å².